The molecule has 9 heteroatoms. The Balaban J connectivity index is 1.79. The Bertz CT molecular complexity index is 1060. The van der Waals surface area contributed by atoms with E-state index in [9.17, 15) is 18.0 Å². The lowest BCUT2D eigenvalue weighted by atomic mass is 10.2. The van der Waals surface area contributed by atoms with Gasteiger partial charge in [-0.25, -0.2) is 8.42 Å². The molecule has 1 N–H and O–H groups in total. The second-order valence-electron chi connectivity index (χ2n) is 7.58. The van der Waals surface area contributed by atoms with Crippen molar-refractivity contribution in [2.75, 3.05) is 25.5 Å². The Morgan fingerprint density at radius 1 is 1.03 bits per heavy atom. The summed E-state index contributed by atoms with van der Waals surface area (Å²) < 4.78 is 32.5. The number of nitrogens with zero attached hydrogens (tertiary/aromatic N) is 1. The minimum atomic E-state index is -3.62. The molecule has 7 nitrogen and oxygen atoms in total. The summed E-state index contributed by atoms with van der Waals surface area (Å²) in [7, 11) is -2.29. The van der Waals surface area contributed by atoms with Crippen molar-refractivity contribution in [1.82, 2.24) is 4.31 Å². The minimum Gasteiger partial charge on any atom is -0.468 e. The van der Waals surface area contributed by atoms with E-state index in [0.717, 1.165) is 25.7 Å². The Labute approximate surface area is 193 Å². The molecule has 3 rings (SSSR count). The van der Waals surface area contributed by atoms with Crippen molar-refractivity contribution in [3.05, 3.63) is 54.1 Å². The molecule has 2 aromatic carbocycles. The van der Waals surface area contributed by atoms with E-state index >= 15 is 0 Å². The van der Waals surface area contributed by atoms with Crippen molar-refractivity contribution in [3.8, 4) is 0 Å². The van der Waals surface area contributed by atoms with E-state index in [1.807, 2.05) is 0 Å². The topological polar surface area (TPSA) is 92.8 Å². The number of ether oxygens (including phenoxy) is 1. The number of amides is 1. The van der Waals surface area contributed by atoms with Gasteiger partial charge in [-0.15, -0.1) is 11.8 Å². The van der Waals surface area contributed by atoms with Crippen LogP contribution < -0.4 is 5.32 Å². The van der Waals surface area contributed by atoms with Crippen LogP contribution >= 0.6 is 11.8 Å². The first kappa shape index (κ1) is 24.3. The highest BCUT2D eigenvalue weighted by Crippen LogP contribution is 2.29. The molecule has 0 saturated carbocycles. The van der Waals surface area contributed by atoms with Gasteiger partial charge in [0.25, 0.3) is 5.91 Å². The van der Waals surface area contributed by atoms with Gasteiger partial charge in [-0.05, 0) is 50.1 Å². The zero-order valence-corrected chi connectivity index (χ0v) is 19.9. The highest BCUT2D eigenvalue weighted by molar-refractivity contribution is 8.00. The molecule has 172 valence electrons. The van der Waals surface area contributed by atoms with E-state index in [-0.39, 0.29) is 16.8 Å². The average Bonchev–Trinajstić information content (AvgIpc) is 3.09. The van der Waals surface area contributed by atoms with Gasteiger partial charge in [0.05, 0.1) is 17.6 Å². The Morgan fingerprint density at radius 3 is 2.41 bits per heavy atom. The second-order valence-corrected chi connectivity index (χ2v) is 10.9. The molecule has 1 atom stereocenters. The molecule has 2 aromatic rings. The van der Waals surface area contributed by atoms with Crippen LogP contribution in [0.4, 0.5) is 5.69 Å². The zero-order chi connectivity index (χ0) is 23.1. The van der Waals surface area contributed by atoms with Crippen LogP contribution in [0.5, 0.6) is 0 Å². The summed E-state index contributed by atoms with van der Waals surface area (Å²) in [5.74, 6) is -0.758. The number of rotatable bonds is 7. The number of nitrogens with one attached hydrogen (secondary N) is 1. The van der Waals surface area contributed by atoms with Gasteiger partial charge >= 0.3 is 5.97 Å². The molecule has 0 aromatic heterocycles. The molecule has 0 spiro atoms. The fourth-order valence-corrected chi connectivity index (χ4v) is 6.11. The SMILES string of the molecule is COC(=O)C(C)Sc1ccccc1C(=O)Nc1cccc(S(=O)(=O)N2CCCCCC2)c1. The molecule has 1 unspecified atom stereocenters. The van der Waals surface area contributed by atoms with Crippen LogP contribution in [0, 0.1) is 0 Å². The fraction of sp³-hybridized carbons (Fsp3) is 0.391. The summed E-state index contributed by atoms with van der Waals surface area (Å²) in [5.41, 5.74) is 0.792. The number of anilines is 1. The summed E-state index contributed by atoms with van der Waals surface area (Å²) in [6, 6.07) is 13.3. The highest BCUT2D eigenvalue weighted by Gasteiger charge is 2.25. The van der Waals surface area contributed by atoms with Crippen molar-refractivity contribution in [2.24, 2.45) is 0 Å². The molecule has 1 heterocycles. The monoisotopic (exact) mass is 476 g/mol. The third-order valence-corrected chi connectivity index (χ3v) is 8.31. The normalized spacial score (nSPS) is 16.1. The van der Waals surface area contributed by atoms with Crippen molar-refractivity contribution in [3.63, 3.8) is 0 Å². The van der Waals surface area contributed by atoms with Crippen molar-refractivity contribution < 1.29 is 22.7 Å². The molecule has 1 aliphatic heterocycles. The number of hydrogen-bond donors (Lipinski definition) is 1. The predicted octanol–water partition coefficient (Wildman–Crippen LogP) is 4.16. The van der Waals surface area contributed by atoms with E-state index in [4.69, 9.17) is 4.74 Å². The van der Waals surface area contributed by atoms with Crippen LogP contribution in [0.3, 0.4) is 0 Å². The number of benzene rings is 2. The van der Waals surface area contributed by atoms with E-state index in [1.165, 1.54) is 29.2 Å². The van der Waals surface area contributed by atoms with Crippen molar-refractivity contribution >= 4 is 39.3 Å². The number of hydrogen-bond acceptors (Lipinski definition) is 6. The molecule has 0 bridgehead atoms. The van der Waals surface area contributed by atoms with Gasteiger partial charge in [-0.3, -0.25) is 9.59 Å². The predicted molar refractivity (Wildman–Crippen MR) is 125 cm³/mol. The van der Waals surface area contributed by atoms with Crippen molar-refractivity contribution in [1.29, 1.82) is 0 Å². The first-order chi connectivity index (χ1) is 15.3. The fourth-order valence-electron chi connectivity index (χ4n) is 3.53. The van der Waals surface area contributed by atoms with Crippen LogP contribution in [-0.4, -0.2) is 50.0 Å². The first-order valence-corrected chi connectivity index (χ1v) is 12.9. The lowest BCUT2D eigenvalue weighted by Crippen LogP contribution is -2.32. The van der Waals surface area contributed by atoms with E-state index < -0.39 is 15.3 Å². The standard InChI is InChI=1S/C23H28N2O5S2/c1-17(23(27)30-2)31-21-13-6-5-12-20(21)22(26)24-18-10-9-11-19(16-18)32(28,29)25-14-7-3-4-8-15-25/h5-6,9-13,16-17H,3-4,7-8,14-15H2,1-2H3,(H,24,26). The molecule has 1 amide bonds. The Kier molecular flexibility index (Phi) is 8.33. The minimum absolute atomic E-state index is 0.166. The van der Waals surface area contributed by atoms with E-state index in [2.05, 4.69) is 5.32 Å². The van der Waals surface area contributed by atoms with E-state index in [1.54, 1.807) is 49.4 Å². The number of sulfonamides is 1. The maximum atomic E-state index is 13.1. The summed E-state index contributed by atoms with van der Waals surface area (Å²) in [6.07, 6.45) is 3.78. The van der Waals surface area contributed by atoms with Crippen LogP contribution in [0.15, 0.2) is 58.3 Å². The lowest BCUT2D eigenvalue weighted by molar-refractivity contribution is -0.139. The number of thioether (sulfide) groups is 1. The van der Waals surface area contributed by atoms with Crippen LogP contribution in [0.25, 0.3) is 0 Å². The van der Waals surface area contributed by atoms with Gasteiger partial charge in [0.2, 0.25) is 10.0 Å². The van der Waals surface area contributed by atoms with Gasteiger partial charge in [0, 0.05) is 23.7 Å². The number of esters is 1. The molecule has 1 fully saturated rings. The number of carbonyl (C=O) groups is 2. The summed E-state index contributed by atoms with van der Waals surface area (Å²) in [6.45, 7) is 2.74. The first-order valence-electron chi connectivity index (χ1n) is 10.6. The number of methoxy groups -OCH3 is 1. The largest absolute Gasteiger partial charge is 0.468 e. The second kappa shape index (κ2) is 11.0. The third kappa shape index (κ3) is 5.90. The number of carbonyl (C=O) groups excluding carboxylic acids is 2. The Hall–Kier alpha value is -2.36. The lowest BCUT2D eigenvalue weighted by Gasteiger charge is -2.20. The quantitative estimate of drug-likeness (QED) is 0.477. The molecule has 32 heavy (non-hydrogen) atoms. The maximum absolute atomic E-state index is 13.1. The third-order valence-electron chi connectivity index (χ3n) is 5.26. The average molecular weight is 477 g/mol. The molecule has 1 aliphatic rings. The van der Waals surface area contributed by atoms with Gasteiger partial charge in [0.15, 0.2) is 0 Å². The van der Waals surface area contributed by atoms with Gasteiger partial charge in [-0.1, -0.05) is 31.0 Å². The van der Waals surface area contributed by atoms with Crippen LogP contribution in [0.2, 0.25) is 0 Å². The smallest absolute Gasteiger partial charge is 0.318 e. The van der Waals surface area contributed by atoms with E-state index in [0.29, 0.717) is 29.2 Å². The van der Waals surface area contributed by atoms with Crippen LogP contribution in [0.1, 0.15) is 43.0 Å². The molecule has 0 radical (unpaired) electrons. The van der Waals surface area contributed by atoms with Gasteiger partial charge < -0.3 is 10.1 Å². The summed E-state index contributed by atoms with van der Waals surface area (Å²) in [5, 5.41) is 2.32. The molecule has 1 saturated heterocycles. The van der Waals surface area contributed by atoms with Crippen molar-refractivity contribution in [2.45, 2.75) is 47.6 Å². The molecular formula is C23H28N2O5S2. The molecular weight excluding hydrogens is 448 g/mol. The van der Waals surface area contributed by atoms with Gasteiger partial charge in [-0.2, -0.15) is 4.31 Å². The summed E-state index contributed by atoms with van der Waals surface area (Å²) in [4.78, 5) is 25.5. The Morgan fingerprint density at radius 2 is 1.72 bits per heavy atom. The summed E-state index contributed by atoms with van der Waals surface area (Å²) >= 11 is 1.23. The van der Waals surface area contributed by atoms with Gasteiger partial charge in [0.1, 0.15) is 5.25 Å². The highest BCUT2D eigenvalue weighted by atomic mass is 32.2. The maximum Gasteiger partial charge on any atom is 0.318 e. The zero-order valence-electron chi connectivity index (χ0n) is 18.2. The molecule has 0 aliphatic carbocycles. The van der Waals surface area contributed by atoms with Crippen LogP contribution in [-0.2, 0) is 19.6 Å².